The molecule has 6 N–H and O–H groups in total. The van der Waals surface area contributed by atoms with Crippen LogP contribution in [0.3, 0.4) is 0 Å². The van der Waals surface area contributed by atoms with Crippen LogP contribution >= 0.6 is 0 Å². The molecule has 6 rings (SSSR count). The molecule has 4 aromatic rings. The average molecular weight is 1000 g/mol. The number of carboxylic acids is 1. The van der Waals surface area contributed by atoms with Crippen LogP contribution in [-0.2, 0) is 42.0 Å². The number of alkyl halides is 6. The molecular formula is C47H62F6N6O7S2. The lowest BCUT2D eigenvalue weighted by Crippen LogP contribution is -2.46. The van der Waals surface area contributed by atoms with E-state index in [-0.39, 0.29) is 37.3 Å². The second-order valence-electron chi connectivity index (χ2n) is 18.5. The average Bonchev–Trinajstić information content (AvgIpc) is 3.23. The molecule has 2 saturated carbocycles. The summed E-state index contributed by atoms with van der Waals surface area (Å²) in [6, 6.07) is 15.9. The van der Waals surface area contributed by atoms with E-state index in [0.717, 1.165) is 24.3 Å². The summed E-state index contributed by atoms with van der Waals surface area (Å²) in [6.45, 7) is 9.89. The van der Waals surface area contributed by atoms with Crippen molar-refractivity contribution in [1.29, 1.82) is 0 Å². The van der Waals surface area contributed by atoms with Gasteiger partial charge in [-0.3, -0.25) is 19.6 Å². The quantitative estimate of drug-likeness (QED) is 0.100. The molecule has 376 valence electrons. The van der Waals surface area contributed by atoms with Crippen molar-refractivity contribution in [3.8, 4) is 22.5 Å². The highest BCUT2D eigenvalue weighted by atomic mass is 32.2. The van der Waals surface area contributed by atoms with Crippen LogP contribution in [0.5, 0.6) is 0 Å². The monoisotopic (exact) mass is 1000 g/mol. The first-order chi connectivity index (χ1) is 30.9. The van der Waals surface area contributed by atoms with Crippen LogP contribution in [0.1, 0.15) is 111 Å². The summed E-state index contributed by atoms with van der Waals surface area (Å²) in [6.07, 6.45) is -1.17. The van der Waals surface area contributed by atoms with Gasteiger partial charge in [0.2, 0.25) is 26.0 Å². The van der Waals surface area contributed by atoms with Gasteiger partial charge in [-0.05, 0) is 141 Å². The number of amides is 1. The maximum Gasteiger partial charge on any atom is 0.416 e. The molecule has 68 heavy (non-hydrogen) atoms. The molecule has 0 atom stereocenters. The lowest BCUT2D eigenvalue weighted by molar-refractivity contribution is -0.143. The number of carboxylic acid groups (broad SMARTS) is 1. The highest BCUT2D eigenvalue weighted by molar-refractivity contribution is 7.91. The molecule has 0 radical (unpaired) electrons. The summed E-state index contributed by atoms with van der Waals surface area (Å²) >= 11 is 0. The van der Waals surface area contributed by atoms with Gasteiger partial charge < -0.3 is 16.2 Å². The zero-order valence-corrected chi connectivity index (χ0v) is 39.6. The fraction of sp³-hybridized carbons (Fsp3) is 0.489. The van der Waals surface area contributed by atoms with Crippen molar-refractivity contribution in [2.45, 2.75) is 134 Å². The number of nitrogens with one attached hydrogen (secondary N) is 3. The number of nitrogens with two attached hydrogens (primary N) is 1. The first-order valence-electron chi connectivity index (χ1n) is 21.5. The first-order valence-corrected chi connectivity index (χ1v) is 24.4. The summed E-state index contributed by atoms with van der Waals surface area (Å²) in [5.41, 5.74) is 7.33. The highest BCUT2D eigenvalue weighted by Gasteiger charge is 2.36. The van der Waals surface area contributed by atoms with Crippen molar-refractivity contribution in [3.05, 3.63) is 96.3 Å². The molecule has 2 aromatic heterocycles. The standard InChI is InChI=1S/C23H28F3N3O3S.C12H9F3N2.C11H21NO4S.CH4/c1-22(2,3)33(31,32)29-18-10-6-16(7-11-18)21(30)28-19-12-13-20(27-14-19)15-4-8-17(9-5-15)23(24,25)26;13-12(14,15)9-3-1-8(2-4-9)11-6-5-10(16)7-17-11;1-11(2,3)17(15,16)12-9-6-4-8(5-7-9)10(13)14;/h4-5,8-9,12-14,16,18,29H,6-7,10-11H2,1-3H3,(H,28,30);1-7H,16H2;8-9,12H,4-7H2,1-3H3,(H,13,14);1H4. The Bertz CT molecular complexity index is 2480. The number of nitrogen functional groups attached to an aromatic ring is 1. The van der Waals surface area contributed by atoms with Gasteiger partial charge in [0.1, 0.15) is 0 Å². The minimum Gasteiger partial charge on any atom is -0.481 e. The van der Waals surface area contributed by atoms with Gasteiger partial charge in [-0.1, -0.05) is 31.7 Å². The topological polar surface area (TPSA) is 211 Å². The number of aromatic nitrogens is 2. The number of aliphatic carboxylic acids is 1. The number of hydrogen-bond acceptors (Lipinski definition) is 9. The first kappa shape index (κ1) is 57.2. The number of benzene rings is 2. The Hall–Kier alpha value is -5.12. The van der Waals surface area contributed by atoms with E-state index in [1.807, 2.05) is 0 Å². The minimum absolute atomic E-state index is 0. The number of nitrogens with zero attached hydrogens (tertiary/aromatic N) is 2. The summed E-state index contributed by atoms with van der Waals surface area (Å²) in [5.74, 6) is -1.47. The normalized spacial score (nSPS) is 19.2. The summed E-state index contributed by atoms with van der Waals surface area (Å²) in [4.78, 5) is 31.7. The molecule has 0 aliphatic heterocycles. The molecule has 2 fully saturated rings. The maximum atomic E-state index is 12.7. The van der Waals surface area contributed by atoms with Crippen molar-refractivity contribution >= 4 is 43.3 Å². The van der Waals surface area contributed by atoms with E-state index in [0.29, 0.717) is 85.3 Å². The zero-order valence-electron chi connectivity index (χ0n) is 38.0. The third kappa shape index (κ3) is 16.5. The zero-order chi connectivity index (χ0) is 50.2. The molecule has 2 aliphatic carbocycles. The minimum atomic E-state index is -4.39. The van der Waals surface area contributed by atoms with E-state index in [1.54, 1.807) is 65.8 Å². The SMILES string of the molecule is C.CC(C)(C)S(=O)(=O)NC1CCC(C(=O)Nc2ccc(-c3ccc(C(F)(F)F)cc3)nc2)CC1.CC(C)(C)S(=O)(=O)NC1CCC(C(=O)O)CC1.Nc1ccc(-c2ccc(C(F)(F)F)cc2)nc1. The number of halogens is 6. The number of hydrogen-bond donors (Lipinski definition) is 5. The summed E-state index contributed by atoms with van der Waals surface area (Å²) in [7, 11) is -6.77. The van der Waals surface area contributed by atoms with Crippen molar-refractivity contribution in [2.75, 3.05) is 11.1 Å². The Labute approximate surface area is 395 Å². The van der Waals surface area contributed by atoms with E-state index in [4.69, 9.17) is 10.8 Å². The fourth-order valence-electron chi connectivity index (χ4n) is 6.84. The smallest absolute Gasteiger partial charge is 0.416 e. The molecule has 0 spiro atoms. The van der Waals surface area contributed by atoms with Crippen LogP contribution < -0.4 is 20.5 Å². The van der Waals surface area contributed by atoms with Crippen LogP contribution in [0, 0.1) is 11.8 Å². The van der Waals surface area contributed by atoms with E-state index >= 15 is 0 Å². The molecular weight excluding hydrogens is 939 g/mol. The van der Waals surface area contributed by atoms with Gasteiger partial charge in [-0.2, -0.15) is 26.3 Å². The van der Waals surface area contributed by atoms with Gasteiger partial charge in [0.25, 0.3) is 0 Å². The Morgan fingerprint density at radius 3 is 1.25 bits per heavy atom. The maximum absolute atomic E-state index is 12.7. The van der Waals surface area contributed by atoms with Crippen molar-refractivity contribution in [2.24, 2.45) is 11.8 Å². The van der Waals surface area contributed by atoms with Crippen molar-refractivity contribution in [3.63, 3.8) is 0 Å². The van der Waals surface area contributed by atoms with Gasteiger partial charge in [0.15, 0.2) is 0 Å². The van der Waals surface area contributed by atoms with Crippen molar-refractivity contribution in [1.82, 2.24) is 19.4 Å². The van der Waals surface area contributed by atoms with Crippen LogP contribution in [0.15, 0.2) is 85.2 Å². The van der Waals surface area contributed by atoms with Gasteiger partial charge in [-0.15, -0.1) is 0 Å². The molecule has 2 aromatic carbocycles. The Kier molecular flexibility index (Phi) is 19.3. The van der Waals surface area contributed by atoms with Gasteiger partial charge in [0.05, 0.1) is 61.7 Å². The van der Waals surface area contributed by atoms with Crippen LogP contribution in [0.4, 0.5) is 37.7 Å². The second-order valence-corrected chi connectivity index (χ2v) is 23.4. The lowest BCUT2D eigenvalue weighted by atomic mass is 9.86. The number of pyridine rings is 2. The van der Waals surface area contributed by atoms with E-state index < -0.39 is 59.0 Å². The Balaban J connectivity index is 0.000000295. The molecule has 1 amide bonds. The molecule has 2 aliphatic rings. The van der Waals surface area contributed by atoms with E-state index in [1.165, 1.54) is 36.7 Å². The molecule has 0 saturated heterocycles. The number of carbonyl (C=O) groups excluding carboxylic acids is 1. The Morgan fingerprint density at radius 2 is 0.941 bits per heavy atom. The van der Waals surface area contributed by atoms with E-state index in [9.17, 15) is 52.8 Å². The number of carbonyl (C=O) groups is 2. The molecule has 0 unspecified atom stereocenters. The number of sulfonamides is 2. The van der Waals surface area contributed by atoms with Crippen LogP contribution in [-0.4, -0.2) is 65.4 Å². The van der Waals surface area contributed by atoms with Crippen LogP contribution in [0.25, 0.3) is 22.5 Å². The molecule has 13 nitrogen and oxygen atoms in total. The number of anilines is 2. The molecule has 2 heterocycles. The highest BCUT2D eigenvalue weighted by Crippen LogP contribution is 2.33. The van der Waals surface area contributed by atoms with Crippen molar-refractivity contribution < 1.29 is 57.9 Å². The van der Waals surface area contributed by atoms with Gasteiger partial charge >= 0.3 is 18.3 Å². The predicted octanol–water partition coefficient (Wildman–Crippen LogP) is 10.3. The van der Waals surface area contributed by atoms with Gasteiger partial charge in [-0.25, -0.2) is 26.3 Å². The van der Waals surface area contributed by atoms with Gasteiger partial charge in [0, 0.05) is 29.1 Å². The fourth-order valence-corrected chi connectivity index (χ4v) is 8.90. The van der Waals surface area contributed by atoms with E-state index in [2.05, 4.69) is 24.7 Å². The Morgan fingerprint density at radius 1 is 0.574 bits per heavy atom. The third-order valence-electron chi connectivity index (χ3n) is 11.3. The lowest BCUT2D eigenvalue weighted by Gasteiger charge is -2.30. The third-order valence-corrected chi connectivity index (χ3v) is 15.8. The summed E-state index contributed by atoms with van der Waals surface area (Å²) in [5, 5.41) is 11.7. The summed E-state index contributed by atoms with van der Waals surface area (Å²) < 4.78 is 127. The largest absolute Gasteiger partial charge is 0.481 e. The number of rotatable bonds is 9. The molecule has 0 bridgehead atoms. The van der Waals surface area contributed by atoms with Crippen LogP contribution in [0.2, 0.25) is 0 Å². The molecule has 21 heteroatoms. The second kappa shape index (κ2) is 23.0. The predicted molar refractivity (Wildman–Crippen MR) is 252 cm³/mol.